The van der Waals surface area contributed by atoms with Crippen molar-refractivity contribution in [3.63, 3.8) is 0 Å². The van der Waals surface area contributed by atoms with Crippen molar-refractivity contribution in [1.29, 1.82) is 0 Å². The molecule has 0 aliphatic rings. The van der Waals surface area contributed by atoms with Gasteiger partial charge >= 0.3 is 0 Å². The Kier molecular flexibility index (Phi) is 5.66. The highest BCUT2D eigenvalue weighted by Gasteiger charge is 2.16. The molecule has 2 aromatic rings. The molecule has 21 heavy (non-hydrogen) atoms. The van der Waals surface area contributed by atoms with Crippen molar-refractivity contribution in [1.82, 2.24) is 5.32 Å². The van der Waals surface area contributed by atoms with Crippen molar-refractivity contribution in [3.05, 3.63) is 64.7 Å². The number of hydrogen-bond acceptors (Lipinski definition) is 2. The molecule has 0 amide bonds. The van der Waals surface area contributed by atoms with Gasteiger partial charge in [-0.1, -0.05) is 48.9 Å². The molecule has 0 heterocycles. The van der Waals surface area contributed by atoms with Crippen LogP contribution in [0, 0.1) is 0 Å². The van der Waals surface area contributed by atoms with E-state index in [-0.39, 0.29) is 12.1 Å². The van der Waals surface area contributed by atoms with E-state index in [1.165, 1.54) is 11.1 Å². The van der Waals surface area contributed by atoms with Crippen LogP contribution < -0.4 is 10.1 Å². The molecule has 0 bridgehead atoms. The fourth-order valence-corrected chi connectivity index (χ4v) is 2.79. The molecule has 0 aromatic heterocycles. The normalized spacial score (nSPS) is 13.7. The van der Waals surface area contributed by atoms with E-state index in [1.54, 1.807) is 7.11 Å². The lowest BCUT2D eigenvalue weighted by Gasteiger charge is -2.24. The van der Waals surface area contributed by atoms with Gasteiger partial charge in [-0.2, -0.15) is 0 Å². The minimum atomic E-state index is 0.199. The quantitative estimate of drug-likeness (QED) is 0.796. The molecular formula is C18H22ClNO. The molecule has 0 spiro atoms. The van der Waals surface area contributed by atoms with Crippen LogP contribution in [0.15, 0.2) is 48.5 Å². The molecule has 1 N–H and O–H groups in total. The second kappa shape index (κ2) is 7.48. The molecule has 0 radical (unpaired) electrons. The van der Waals surface area contributed by atoms with Gasteiger partial charge in [-0.3, -0.25) is 0 Å². The maximum Gasteiger partial charge on any atom is 0.123 e. The van der Waals surface area contributed by atoms with Gasteiger partial charge in [0.1, 0.15) is 5.75 Å². The second-order valence-corrected chi connectivity index (χ2v) is 5.58. The molecule has 0 saturated carbocycles. The van der Waals surface area contributed by atoms with Crippen LogP contribution in [0.25, 0.3) is 0 Å². The van der Waals surface area contributed by atoms with Crippen LogP contribution in [0.1, 0.15) is 43.5 Å². The van der Waals surface area contributed by atoms with Crippen LogP contribution in [0.4, 0.5) is 0 Å². The highest BCUT2D eigenvalue weighted by atomic mass is 35.5. The minimum absolute atomic E-state index is 0.199. The fourth-order valence-electron chi connectivity index (χ4n) is 2.59. The fraction of sp³-hybridized carbons (Fsp3) is 0.333. The average molecular weight is 304 g/mol. The first-order valence-electron chi connectivity index (χ1n) is 7.30. The van der Waals surface area contributed by atoms with E-state index in [9.17, 15) is 0 Å². The van der Waals surface area contributed by atoms with E-state index in [0.29, 0.717) is 0 Å². The average Bonchev–Trinajstić information content (AvgIpc) is 2.52. The number of methoxy groups -OCH3 is 1. The molecule has 0 aliphatic heterocycles. The zero-order valence-corrected chi connectivity index (χ0v) is 13.5. The smallest absolute Gasteiger partial charge is 0.123 e. The minimum Gasteiger partial charge on any atom is -0.496 e. The third-order valence-corrected chi connectivity index (χ3v) is 3.95. The van der Waals surface area contributed by atoms with Gasteiger partial charge in [-0.05, 0) is 37.1 Å². The van der Waals surface area contributed by atoms with Crippen molar-refractivity contribution in [2.45, 2.75) is 32.4 Å². The van der Waals surface area contributed by atoms with Crippen molar-refractivity contribution >= 4 is 11.6 Å². The van der Waals surface area contributed by atoms with Gasteiger partial charge in [0, 0.05) is 22.7 Å². The Morgan fingerprint density at radius 2 is 1.90 bits per heavy atom. The highest BCUT2D eigenvalue weighted by Crippen LogP contribution is 2.28. The molecule has 2 nitrogen and oxygen atoms in total. The van der Waals surface area contributed by atoms with E-state index in [2.05, 4.69) is 31.3 Å². The lowest BCUT2D eigenvalue weighted by atomic mass is 10.0. The Hall–Kier alpha value is -1.51. The van der Waals surface area contributed by atoms with E-state index >= 15 is 0 Å². The van der Waals surface area contributed by atoms with E-state index in [0.717, 1.165) is 17.2 Å². The van der Waals surface area contributed by atoms with Crippen LogP contribution in [0.3, 0.4) is 0 Å². The standard InChI is InChI=1S/C18H22ClNO/c1-4-17(14-8-7-9-15(19)12-14)20-13(2)16-10-5-6-11-18(16)21-3/h5-13,17,20H,4H2,1-3H3. The molecule has 2 unspecified atom stereocenters. The topological polar surface area (TPSA) is 21.3 Å². The maximum absolute atomic E-state index is 6.10. The number of nitrogens with one attached hydrogen (secondary N) is 1. The van der Waals surface area contributed by atoms with Crippen LogP contribution >= 0.6 is 11.6 Å². The molecule has 0 saturated heterocycles. The van der Waals surface area contributed by atoms with Crippen LogP contribution in [0.2, 0.25) is 5.02 Å². The van der Waals surface area contributed by atoms with Crippen LogP contribution in [0.5, 0.6) is 5.75 Å². The van der Waals surface area contributed by atoms with E-state index in [1.807, 2.05) is 36.4 Å². The molecule has 2 atom stereocenters. The summed E-state index contributed by atoms with van der Waals surface area (Å²) in [6.07, 6.45) is 1.000. The third-order valence-electron chi connectivity index (χ3n) is 3.72. The summed E-state index contributed by atoms with van der Waals surface area (Å²) in [6.45, 7) is 4.33. The summed E-state index contributed by atoms with van der Waals surface area (Å²) in [7, 11) is 1.71. The number of benzene rings is 2. The number of rotatable bonds is 6. The zero-order valence-electron chi connectivity index (χ0n) is 12.8. The predicted molar refractivity (Wildman–Crippen MR) is 89.0 cm³/mol. The third kappa shape index (κ3) is 3.99. The Morgan fingerprint density at radius 3 is 2.57 bits per heavy atom. The van der Waals surface area contributed by atoms with Crippen molar-refractivity contribution in [3.8, 4) is 5.75 Å². The Balaban J connectivity index is 2.18. The summed E-state index contributed by atoms with van der Waals surface area (Å²) in [4.78, 5) is 0. The molecule has 2 aromatic carbocycles. The largest absolute Gasteiger partial charge is 0.496 e. The van der Waals surface area contributed by atoms with Gasteiger partial charge in [0.2, 0.25) is 0 Å². The summed E-state index contributed by atoms with van der Waals surface area (Å²) >= 11 is 6.10. The SMILES string of the molecule is CCC(NC(C)c1ccccc1OC)c1cccc(Cl)c1. The summed E-state index contributed by atoms with van der Waals surface area (Å²) in [5.74, 6) is 0.915. The van der Waals surface area contributed by atoms with Crippen LogP contribution in [-0.4, -0.2) is 7.11 Å². The monoisotopic (exact) mass is 303 g/mol. The van der Waals surface area contributed by atoms with Gasteiger partial charge in [0.15, 0.2) is 0 Å². The molecular weight excluding hydrogens is 282 g/mol. The molecule has 0 aliphatic carbocycles. The molecule has 112 valence electrons. The summed E-state index contributed by atoms with van der Waals surface area (Å²) in [5.41, 5.74) is 2.38. The zero-order chi connectivity index (χ0) is 15.2. The van der Waals surface area contributed by atoms with Gasteiger partial charge in [0.05, 0.1) is 7.11 Å². The van der Waals surface area contributed by atoms with Gasteiger partial charge in [-0.15, -0.1) is 0 Å². The molecule has 0 fully saturated rings. The number of halogens is 1. The van der Waals surface area contributed by atoms with Crippen molar-refractivity contribution < 1.29 is 4.74 Å². The first kappa shape index (κ1) is 15.9. The molecule has 2 rings (SSSR count). The van der Waals surface area contributed by atoms with Crippen LogP contribution in [-0.2, 0) is 0 Å². The number of ether oxygens (including phenoxy) is 1. The lowest BCUT2D eigenvalue weighted by Crippen LogP contribution is -2.24. The summed E-state index contributed by atoms with van der Waals surface area (Å²) in [6, 6.07) is 16.6. The highest BCUT2D eigenvalue weighted by molar-refractivity contribution is 6.30. The predicted octanol–water partition coefficient (Wildman–Crippen LogP) is 5.15. The Morgan fingerprint density at radius 1 is 1.14 bits per heavy atom. The van der Waals surface area contributed by atoms with Gasteiger partial charge in [0.25, 0.3) is 0 Å². The first-order chi connectivity index (χ1) is 10.2. The van der Waals surface area contributed by atoms with Gasteiger partial charge in [-0.25, -0.2) is 0 Å². The van der Waals surface area contributed by atoms with E-state index in [4.69, 9.17) is 16.3 Å². The number of hydrogen-bond donors (Lipinski definition) is 1. The maximum atomic E-state index is 6.10. The summed E-state index contributed by atoms with van der Waals surface area (Å²) < 4.78 is 5.45. The number of para-hydroxylation sites is 1. The Bertz CT molecular complexity index is 585. The Labute approximate surface area is 132 Å². The van der Waals surface area contributed by atoms with E-state index < -0.39 is 0 Å². The van der Waals surface area contributed by atoms with Gasteiger partial charge < -0.3 is 10.1 Å². The van der Waals surface area contributed by atoms with Crippen molar-refractivity contribution in [2.24, 2.45) is 0 Å². The first-order valence-corrected chi connectivity index (χ1v) is 7.68. The second-order valence-electron chi connectivity index (χ2n) is 5.15. The lowest BCUT2D eigenvalue weighted by molar-refractivity contribution is 0.392. The molecule has 3 heteroatoms. The van der Waals surface area contributed by atoms with Crippen molar-refractivity contribution in [2.75, 3.05) is 7.11 Å². The summed E-state index contributed by atoms with van der Waals surface area (Å²) in [5, 5.41) is 4.44.